The fraction of sp³-hybridized carbons (Fsp3) is 0.320. The lowest BCUT2D eigenvalue weighted by atomic mass is 9.79. The maximum atomic E-state index is 12.4. The van der Waals surface area contributed by atoms with Gasteiger partial charge in [0.1, 0.15) is 11.4 Å². The van der Waals surface area contributed by atoms with Gasteiger partial charge in [0.15, 0.2) is 5.75 Å². The van der Waals surface area contributed by atoms with Gasteiger partial charge in [0.2, 0.25) is 0 Å². The maximum absolute atomic E-state index is 12.4. The molecule has 0 bridgehead atoms. The predicted molar refractivity (Wildman–Crippen MR) is 130 cm³/mol. The molecule has 1 saturated carbocycles. The first-order chi connectivity index (χ1) is 15.4. The van der Waals surface area contributed by atoms with Crippen LogP contribution < -0.4 is 21.5 Å². The van der Waals surface area contributed by atoms with E-state index in [1.807, 2.05) is 18.2 Å². The van der Waals surface area contributed by atoms with Crippen LogP contribution in [0.25, 0.3) is 0 Å². The summed E-state index contributed by atoms with van der Waals surface area (Å²) in [7, 11) is 3.18. The Bertz CT molecular complexity index is 1210. The fourth-order valence-electron chi connectivity index (χ4n) is 4.43. The number of benzene rings is 2. The molecule has 0 heterocycles. The number of hydrogen-bond donors (Lipinski definition) is 3. The molecule has 1 aliphatic carbocycles. The minimum atomic E-state index is -0.636. The second kappa shape index (κ2) is 8.86. The van der Waals surface area contributed by atoms with Crippen molar-refractivity contribution in [3.8, 4) is 5.75 Å². The van der Waals surface area contributed by atoms with Crippen LogP contribution in [0.5, 0.6) is 5.75 Å². The van der Waals surface area contributed by atoms with Crippen LogP contribution in [0.1, 0.15) is 50.4 Å². The van der Waals surface area contributed by atoms with Gasteiger partial charge in [0.05, 0.1) is 11.3 Å². The minimum absolute atomic E-state index is 0. The molecular formula is C25H31N3O4. The van der Waals surface area contributed by atoms with Crippen molar-refractivity contribution >= 4 is 23.0 Å². The molecule has 3 aromatic carbocycles. The molecule has 7 heteroatoms. The predicted octanol–water partition coefficient (Wildman–Crippen LogP) is 4.06. The minimum Gasteiger partial charge on any atom is -0.505 e. The molecule has 32 heavy (non-hydrogen) atoms. The van der Waals surface area contributed by atoms with Gasteiger partial charge in [-0.2, -0.15) is 0 Å². The first-order valence-electron chi connectivity index (χ1n) is 10.8. The number of carbonyl (C=O) groups is 1. The Labute approximate surface area is 189 Å². The lowest BCUT2D eigenvalue weighted by molar-refractivity contribution is 0.0824. The molecule has 1 fully saturated rings. The largest absolute Gasteiger partial charge is 0.505 e. The van der Waals surface area contributed by atoms with Gasteiger partial charge in [-0.05, 0) is 30.5 Å². The van der Waals surface area contributed by atoms with Crippen molar-refractivity contribution in [1.82, 2.24) is 4.90 Å². The molecule has 3 aromatic rings. The topological polar surface area (TPSA) is 98.7 Å². The summed E-state index contributed by atoms with van der Waals surface area (Å²) in [5.41, 5.74) is 0.697. The highest BCUT2D eigenvalue weighted by molar-refractivity contribution is 5.99. The van der Waals surface area contributed by atoms with Crippen molar-refractivity contribution in [1.29, 1.82) is 0 Å². The van der Waals surface area contributed by atoms with Crippen molar-refractivity contribution in [3.05, 3.63) is 80.1 Å². The van der Waals surface area contributed by atoms with Crippen LogP contribution in [-0.2, 0) is 0 Å². The quantitative estimate of drug-likeness (QED) is 0.397. The Hall–Kier alpha value is -3.61. The molecule has 0 radical (unpaired) electrons. The molecule has 0 aliphatic heterocycles. The fourth-order valence-corrected chi connectivity index (χ4v) is 4.43. The number of aromatic hydroxyl groups is 1. The number of hydrogen-bond acceptors (Lipinski definition) is 6. The third-order valence-electron chi connectivity index (χ3n) is 6.17. The van der Waals surface area contributed by atoms with Crippen LogP contribution >= 0.6 is 0 Å². The van der Waals surface area contributed by atoms with E-state index in [0.717, 1.165) is 25.7 Å². The van der Waals surface area contributed by atoms with Crippen LogP contribution in [0.2, 0.25) is 0 Å². The summed E-state index contributed by atoms with van der Waals surface area (Å²) in [5, 5.41) is 16.8. The smallest absolute Gasteiger partial charge is 0.257 e. The third kappa shape index (κ3) is 3.98. The number of rotatable bonds is 6. The molecule has 7 nitrogen and oxygen atoms in total. The van der Waals surface area contributed by atoms with Gasteiger partial charge in [-0.15, -0.1) is 0 Å². The van der Waals surface area contributed by atoms with Crippen molar-refractivity contribution in [2.45, 2.75) is 37.6 Å². The highest BCUT2D eigenvalue weighted by Crippen LogP contribution is 2.37. The molecule has 1 amide bonds. The molecule has 0 unspecified atom stereocenters. The number of anilines is 3. The number of phenols is 1. The molecule has 0 saturated heterocycles. The van der Waals surface area contributed by atoms with E-state index in [4.69, 9.17) is 0 Å². The number of nitrogens with zero attached hydrogens (tertiary/aromatic N) is 1. The molecule has 4 rings (SSSR count). The summed E-state index contributed by atoms with van der Waals surface area (Å²) in [5.74, 6) is -0.371. The lowest BCUT2D eigenvalue weighted by Gasteiger charge is -2.34. The van der Waals surface area contributed by atoms with Crippen LogP contribution in [0.15, 0.2) is 58.1 Å². The Balaban J connectivity index is 0.00000204. The number of para-hydroxylation sites is 1. The van der Waals surface area contributed by atoms with Crippen LogP contribution in [0.4, 0.5) is 17.1 Å². The zero-order valence-corrected chi connectivity index (χ0v) is 18.2. The Morgan fingerprint density at radius 3 is 2.38 bits per heavy atom. The SMILES string of the molecule is CN(C)C(=O)c1cccc(Nc2c(N[C@H]3CCCC[C@H]3c3ccccc3)c(=O)c2=O)c1O.[HH].[HH]. The monoisotopic (exact) mass is 437 g/mol. The van der Waals surface area contributed by atoms with Gasteiger partial charge in [-0.3, -0.25) is 14.4 Å². The van der Waals surface area contributed by atoms with Crippen molar-refractivity contribution < 1.29 is 12.8 Å². The lowest BCUT2D eigenvalue weighted by Crippen LogP contribution is -2.41. The van der Waals surface area contributed by atoms with Crippen LogP contribution in [-0.4, -0.2) is 36.1 Å². The Kier molecular flexibility index (Phi) is 5.99. The first-order valence-corrected chi connectivity index (χ1v) is 10.8. The molecular weight excluding hydrogens is 406 g/mol. The van der Waals surface area contributed by atoms with E-state index in [2.05, 4.69) is 22.8 Å². The normalized spacial score (nSPS) is 18.3. The standard InChI is InChI=1S/C25H27N3O4.2H2/c1-28(2)25(32)17-12-8-14-19(22(17)29)27-21-20(23(30)24(21)31)26-18-13-7-6-11-16(18)15-9-4-3-5-10-15;;/h3-5,8-10,12,14,16,18,26-27,29H,6-7,11,13H2,1-2H3;2*1H/t16-,18-;;/m0../s1. The number of nitrogens with one attached hydrogen (secondary N) is 2. The summed E-state index contributed by atoms with van der Waals surface area (Å²) < 4.78 is 0. The van der Waals surface area contributed by atoms with Gasteiger partial charge in [0, 0.05) is 28.9 Å². The maximum Gasteiger partial charge on any atom is 0.257 e. The van der Waals surface area contributed by atoms with Crippen LogP contribution in [0.3, 0.4) is 0 Å². The molecule has 0 spiro atoms. The van der Waals surface area contributed by atoms with E-state index in [9.17, 15) is 19.5 Å². The summed E-state index contributed by atoms with van der Waals surface area (Å²) in [4.78, 5) is 38.4. The van der Waals surface area contributed by atoms with Crippen molar-refractivity contribution in [2.75, 3.05) is 24.7 Å². The number of carbonyl (C=O) groups excluding carboxylic acids is 1. The summed E-state index contributed by atoms with van der Waals surface area (Å²) in [6.07, 6.45) is 4.08. The molecule has 2 atom stereocenters. The molecule has 0 aromatic heterocycles. The Morgan fingerprint density at radius 1 is 0.969 bits per heavy atom. The van der Waals surface area contributed by atoms with Crippen LogP contribution in [0, 0.1) is 0 Å². The number of amides is 1. The van der Waals surface area contributed by atoms with E-state index in [0.29, 0.717) is 0 Å². The summed E-state index contributed by atoms with van der Waals surface area (Å²) in [6, 6.07) is 14.9. The zero-order chi connectivity index (χ0) is 22.8. The third-order valence-corrected chi connectivity index (χ3v) is 6.17. The van der Waals surface area contributed by atoms with Crippen molar-refractivity contribution in [2.24, 2.45) is 0 Å². The second-order valence-electron chi connectivity index (χ2n) is 8.49. The Morgan fingerprint density at radius 2 is 1.66 bits per heavy atom. The molecule has 170 valence electrons. The summed E-state index contributed by atoms with van der Waals surface area (Å²) >= 11 is 0. The number of phenolic OH excluding ortho intramolecular Hbond substituents is 1. The second-order valence-corrected chi connectivity index (χ2v) is 8.49. The van der Waals surface area contributed by atoms with Gasteiger partial charge in [-0.25, -0.2) is 0 Å². The van der Waals surface area contributed by atoms with Gasteiger partial charge in [-0.1, -0.05) is 49.2 Å². The zero-order valence-electron chi connectivity index (χ0n) is 18.2. The molecule has 3 N–H and O–H groups in total. The van der Waals surface area contributed by atoms with Gasteiger partial charge in [0.25, 0.3) is 16.8 Å². The van der Waals surface area contributed by atoms with E-state index < -0.39 is 10.9 Å². The van der Waals surface area contributed by atoms with Gasteiger partial charge < -0.3 is 20.6 Å². The highest BCUT2D eigenvalue weighted by atomic mass is 16.3. The van der Waals surface area contributed by atoms with E-state index in [-0.39, 0.29) is 49.1 Å². The molecule has 1 aliphatic rings. The van der Waals surface area contributed by atoms with E-state index in [1.165, 1.54) is 16.5 Å². The first kappa shape index (κ1) is 21.6. The average molecular weight is 438 g/mol. The average Bonchev–Trinajstić information content (AvgIpc) is 2.82. The summed E-state index contributed by atoms with van der Waals surface area (Å²) in [6.45, 7) is 0. The highest BCUT2D eigenvalue weighted by Gasteiger charge is 2.31. The van der Waals surface area contributed by atoms with Gasteiger partial charge >= 0.3 is 0 Å². The van der Waals surface area contributed by atoms with E-state index in [1.54, 1.807) is 26.2 Å². The van der Waals surface area contributed by atoms with E-state index >= 15 is 0 Å². The van der Waals surface area contributed by atoms with Crippen molar-refractivity contribution in [3.63, 3.8) is 0 Å².